The third-order valence-electron chi connectivity index (χ3n) is 6.24. The number of hydrogen-bond acceptors (Lipinski definition) is 9. The molecule has 0 radical (unpaired) electrons. The zero-order valence-electron chi connectivity index (χ0n) is 22.0. The Morgan fingerprint density at radius 1 is 1.00 bits per heavy atom. The third kappa shape index (κ3) is 6.02. The average Bonchev–Trinajstić information content (AvgIpc) is 3.41. The SMILES string of the molecule is CC.COc1ccc(CN2CCN(c3ccc(-c4cc(OCCO)cn5ncc(C#N)c45)cn3)CC2)nc1. The van der Waals surface area contributed by atoms with Gasteiger partial charge in [-0.1, -0.05) is 13.8 Å². The van der Waals surface area contributed by atoms with E-state index in [1.807, 2.05) is 50.4 Å². The summed E-state index contributed by atoms with van der Waals surface area (Å²) in [5.41, 5.74) is 3.86. The smallest absolute Gasteiger partial charge is 0.138 e. The molecular formula is C28H33N7O3. The molecule has 0 atom stereocenters. The van der Waals surface area contributed by atoms with Crippen LogP contribution >= 0.6 is 0 Å². The number of hydrogen-bond donors (Lipinski definition) is 1. The van der Waals surface area contributed by atoms with E-state index in [0.29, 0.717) is 16.8 Å². The van der Waals surface area contributed by atoms with Gasteiger partial charge < -0.3 is 19.5 Å². The van der Waals surface area contributed by atoms with Crippen molar-refractivity contribution in [3.8, 4) is 28.7 Å². The summed E-state index contributed by atoms with van der Waals surface area (Å²) in [5.74, 6) is 2.24. The van der Waals surface area contributed by atoms with Crippen molar-refractivity contribution in [2.45, 2.75) is 20.4 Å². The second-order valence-corrected chi connectivity index (χ2v) is 8.48. The highest BCUT2D eigenvalue weighted by molar-refractivity contribution is 5.85. The Kier molecular flexibility index (Phi) is 9.08. The fourth-order valence-electron chi connectivity index (χ4n) is 4.36. The van der Waals surface area contributed by atoms with E-state index in [2.05, 4.69) is 26.0 Å². The average molecular weight is 516 g/mol. The fourth-order valence-corrected chi connectivity index (χ4v) is 4.36. The summed E-state index contributed by atoms with van der Waals surface area (Å²) >= 11 is 0. The minimum absolute atomic E-state index is 0.0873. The normalized spacial score (nSPS) is 13.5. The van der Waals surface area contributed by atoms with Crippen LogP contribution in [0.4, 0.5) is 5.82 Å². The molecule has 0 saturated carbocycles. The van der Waals surface area contributed by atoms with Crippen LogP contribution in [-0.4, -0.2) is 76.1 Å². The number of rotatable bonds is 8. The summed E-state index contributed by atoms with van der Waals surface area (Å²) in [4.78, 5) is 13.9. The van der Waals surface area contributed by atoms with E-state index in [1.54, 1.807) is 24.0 Å². The summed E-state index contributed by atoms with van der Waals surface area (Å²) in [6, 6.07) is 12.0. The Labute approximate surface area is 222 Å². The Morgan fingerprint density at radius 2 is 1.82 bits per heavy atom. The third-order valence-corrected chi connectivity index (χ3v) is 6.24. The van der Waals surface area contributed by atoms with Crippen LogP contribution in [0.25, 0.3) is 16.6 Å². The van der Waals surface area contributed by atoms with E-state index in [9.17, 15) is 5.26 Å². The van der Waals surface area contributed by atoms with Gasteiger partial charge >= 0.3 is 0 Å². The van der Waals surface area contributed by atoms with Crippen molar-refractivity contribution in [3.63, 3.8) is 0 Å². The maximum atomic E-state index is 9.56. The van der Waals surface area contributed by atoms with Crippen molar-refractivity contribution in [2.24, 2.45) is 0 Å². The molecule has 1 aliphatic heterocycles. The highest BCUT2D eigenvalue weighted by Gasteiger charge is 2.19. The number of methoxy groups -OCH3 is 1. The first-order valence-electron chi connectivity index (χ1n) is 12.8. The molecule has 4 aromatic heterocycles. The Morgan fingerprint density at radius 3 is 2.45 bits per heavy atom. The van der Waals surface area contributed by atoms with Crippen LogP contribution in [0.5, 0.6) is 11.5 Å². The monoisotopic (exact) mass is 515 g/mol. The number of aromatic nitrogens is 4. The van der Waals surface area contributed by atoms with Crippen LogP contribution in [0, 0.1) is 11.3 Å². The highest BCUT2D eigenvalue weighted by Crippen LogP contribution is 2.31. The zero-order chi connectivity index (χ0) is 26.9. The largest absolute Gasteiger partial charge is 0.495 e. The Hall–Kier alpha value is -4.20. The van der Waals surface area contributed by atoms with Gasteiger partial charge in [0.05, 0.1) is 49.1 Å². The van der Waals surface area contributed by atoms with E-state index >= 15 is 0 Å². The number of pyridine rings is 3. The summed E-state index contributed by atoms with van der Waals surface area (Å²) in [6.07, 6.45) is 6.82. The molecule has 0 unspecified atom stereocenters. The molecule has 5 rings (SSSR count). The lowest BCUT2D eigenvalue weighted by Gasteiger charge is -2.35. The zero-order valence-corrected chi connectivity index (χ0v) is 22.0. The summed E-state index contributed by atoms with van der Waals surface area (Å²) in [7, 11) is 1.64. The molecule has 0 aromatic carbocycles. The lowest BCUT2D eigenvalue weighted by molar-refractivity contribution is 0.201. The molecule has 0 amide bonds. The van der Waals surface area contributed by atoms with Crippen LogP contribution in [0.2, 0.25) is 0 Å². The molecule has 10 heteroatoms. The van der Waals surface area contributed by atoms with Gasteiger partial charge in [0.25, 0.3) is 0 Å². The van der Waals surface area contributed by atoms with Crippen molar-refractivity contribution in [1.82, 2.24) is 24.5 Å². The van der Waals surface area contributed by atoms with E-state index in [-0.39, 0.29) is 13.2 Å². The minimum atomic E-state index is -0.0873. The van der Waals surface area contributed by atoms with Crippen LogP contribution in [0.3, 0.4) is 0 Å². The molecule has 1 saturated heterocycles. The van der Waals surface area contributed by atoms with Crippen molar-refractivity contribution in [3.05, 3.63) is 66.4 Å². The molecular weight excluding hydrogens is 482 g/mol. The molecule has 38 heavy (non-hydrogen) atoms. The summed E-state index contributed by atoms with van der Waals surface area (Å²) in [5, 5.41) is 23.0. The maximum Gasteiger partial charge on any atom is 0.138 e. The number of ether oxygens (including phenoxy) is 2. The quantitative estimate of drug-likeness (QED) is 0.377. The molecule has 5 heterocycles. The highest BCUT2D eigenvalue weighted by atomic mass is 16.5. The van der Waals surface area contributed by atoms with Crippen LogP contribution in [-0.2, 0) is 6.54 Å². The van der Waals surface area contributed by atoms with E-state index in [4.69, 9.17) is 19.6 Å². The van der Waals surface area contributed by atoms with Crippen molar-refractivity contribution in [1.29, 1.82) is 5.26 Å². The molecule has 0 spiro atoms. The van der Waals surface area contributed by atoms with Gasteiger partial charge in [-0.25, -0.2) is 9.50 Å². The number of anilines is 1. The van der Waals surface area contributed by atoms with Crippen molar-refractivity contribution < 1.29 is 14.6 Å². The van der Waals surface area contributed by atoms with Gasteiger partial charge in [-0.3, -0.25) is 9.88 Å². The van der Waals surface area contributed by atoms with Gasteiger partial charge in [-0.2, -0.15) is 10.4 Å². The standard InChI is InChI=1S/C26H27N7O3.C2H6/c1-35-22-4-3-21(28-16-22)17-31-6-8-32(9-7-31)25-5-2-19(14-29-25)24-12-23(36-11-10-34)18-33-26(24)20(13-27)15-30-33;1-2/h2-5,12,14-16,18,34H,6-11,17H2,1H3;1-2H3. The maximum absolute atomic E-state index is 9.56. The predicted molar refractivity (Wildman–Crippen MR) is 145 cm³/mol. The Bertz CT molecular complexity index is 1360. The van der Waals surface area contributed by atoms with Crippen LogP contribution < -0.4 is 14.4 Å². The van der Waals surface area contributed by atoms with Gasteiger partial charge in [-0.05, 0) is 30.3 Å². The topological polar surface area (TPSA) is 112 Å². The first-order valence-corrected chi connectivity index (χ1v) is 12.8. The minimum Gasteiger partial charge on any atom is -0.495 e. The van der Waals surface area contributed by atoms with Crippen molar-refractivity contribution in [2.75, 3.05) is 51.4 Å². The summed E-state index contributed by atoms with van der Waals surface area (Å²) in [6.45, 7) is 8.48. The van der Waals surface area contributed by atoms with Gasteiger partial charge in [-0.15, -0.1) is 0 Å². The lowest BCUT2D eigenvalue weighted by atomic mass is 10.1. The fraction of sp³-hybridized carbons (Fsp3) is 0.357. The van der Waals surface area contributed by atoms with E-state index in [1.165, 1.54) is 6.20 Å². The molecule has 0 bridgehead atoms. The van der Waals surface area contributed by atoms with E-state index < -0.39 is 0 Å². The number of nitrogens with zero attached hydrogens (tertiary/aromatic N) is 7. The first-order chi connectivity index (χ1) is 18.7. The number of aliphatic hydroxyl groups is 1. The second kappa shape index (κ2) is 12.9. The lowest BCUT2D eigenvalue weighted by Crippen LogP contribution is -2.46. The van der Waals surface area contributed by atoms with Gasteiger partial charge in [0, 0.05) is 50.0 Å². The van der Waals surface area contributed by atoms with Gasteiger partial charge in [0.15, 0.2) is 0 Å². The molecule has 198 valence electrons. The van der Waals surface area contributed by atoms with Gasteiger partial charge in [0.2, 0.25) is 0 Å². The molecule has 4 aromatic rings. The van der Waals surface area contributed by atoms with Crippen LogP contribution in [0.1, 0.15) is 25.1 Å². The van der Waals surface area contributed by atoms with E-state index in [0.717, 1.165) is 61.1 Å². The molecule has 0 aliphatic carbocycles. The first kappa shape index (κ1) is 26.9. The molecule has 1 aliphatic rings. The van der Waals surface area contributed by atoms with Crippen molar-refractivity contribution >= 4 is 11.3 Å². The Balaban J connectivity index is 0.00000164. The van der Waals surface area contributed by atoms with Crippen LogP contribution in [0.15, 0.2) is 55.1 Å². The number of nitriles is 1. The molecule has 1 fully saturated rings. The van der Waals surface area contributed by atoms with Gasteiger partial charge in [0.1, 0.15) is 30.0 Å². The summed E-state index contributed by atoms with van der Waals surface area (Å²) < 4.78 is 12.4. The molecule has 10 nitrogen and oxygen atoms in total. The molecule has 1 N–H and O–H groups in total. The number of fused-ring (bicyclic) bond motifs is 1. The number of aliphatic hydroxyl groups excluding tert-OH is 1. The second-order valence-electron chi connectivity index (χ2n) is 8.48. The predicted octanol–water partition coefficient (Wildman–Crippen LogP) is 3.39. The number of piperazine rings is 1.